The van der Waals surface area contributed by atoms with E-state index in [0.717, 1.165) is 17.0 Å². The van der Waals surface area contributed by atoms with E-state index in [0.29, 0.717) is 25.0 Å². The smallest absolute Gasteiger partial charge is 0.352 e. The first kappa shape index (κ1) is 24.7. The fraction of sp³-hybridized carbons (Fsp3) is 0.400. The molecule has 0 aliphatic carbocycles. The van der Waals surface area contributed by atoms with Crippen LogP contribution in [0.2, 0.25) is 0 Å². The summed E-state index contributed by atoms with van der Waals surface area (Å²) in [5.74, 6) is -8.53. The third-order valence-corrected chi connectivity index (χ3v) is 6.74. The molecule has 0 spiro atoms. The molecule has 2 aliphatic rings. The fourth-order valence-electron chi connectivity index (χ4n) is 5.06. The largest absolute Gasteiger partial charge is 0.389 e. The number of halogens is 4. The van der Waals surface area contributed by atoms with E-state index in [1.54, 1.807) is 0 Å². The molecular formula is C25H23F4N3O3. The number of carbonyl (C=O) groups excluding carboxylic acids is 2. The quantitative estimate of drug-likeness (QED) is 0.609. The molecule has 10 heteroatoms. The fourth-order valence-corrected chi connectivity index (χ4v) is 5.06. The summed E-state index contributed by atoms with van der Waals surface area (Å²) in [6.45, 7) is 1.49. The molecule has 0 aromatic heterocycles. The van der Waals surface area contributed by atoms with Crippen molar-refractivity contribution in [2.45, 2.75) is 62.6 Å². The highest BCUT2D eigenvalue weighted by Crippen LogP contribution is 2.45. The molecule has 184 valence electrons. The summed E-state index contributed by atoms with van der Waals surface area (Å²) >= 11 is 0. The average molecular weight is 489 g/mol. The topological polar surface area (TPSA) is 93.4 Å². The van der Waals surface area contributed by atoms with Crippen molar-refractivity contribution in [2.24, 2.45) is 0 Å². The average Bonchev–Trinajstić information content (AvgIpc) is 3.07. The molecule has 2 unspecified atom stereocenters. The number of benzene rings is 2. The summed E-state index contributed by atoms with van der Waals surface area (Å²) in [5.41, 5.74) is -2.41. The second kappa shape index (κ2) is 8.96. The van der Waals surface area contributed by atoms with Crippen LogP contribution in [0.25, 0.3) is 0 Å². The number of nitrogens with one attached hydrogen (secondary N) is 1. The van der Waals surface area contributed by atoms with Gasteiger partial charge in [0.1, 0.15) is 11.6 Å². The molecule has 0 radical (unpaired) electrons. The van der Waals surface area contributed by atoms with Gasteiger partial charge in [-0.2, -0.15) is 14.0 Å². The second-order valence-corrected chi connectivity index (χ2v) is 9.25. The Hall–Kier alpha value is -3.45. The predicted octanol–water partition coefficient (Wildman–Crippen LogP) is 4.42. The number of nitrogens with zero attached hydrogens (tertiary/aromatic N) is 2. The number of aryl methyl sites for hydroxylation is 1. The number of fused-ring (bicyclic) bond motifs is 2. The minimum Gasteiger partial charge on any atom is -0.389 e. The van der Waals surface area contributed by atoms with Crippen LogP contribution in [-0.4, -0.2) is 39.5 Å². The first-order valence-corrected chi connectivity index (χ1v) is 11.1. The zero-order valence-corrected chi connectivity index (χ0v) is 18.8. The van der Waals surface area contributed by atoms with Crippen LogP contribution in [0.5, 0.6) is 0 Å². The van der Waals surface area contributed by atoms with Gasteiger partial charge in [-0.3, -0.25) is 9.59 Å². The Morgan fingerprint density at radius 2 is 1.77 bits per heavy atom. The number of amides is 2. The highest BCUT2D eigenvalue weighted by molar-refractivity contribution is 6.04. The Morgan fingerprint density at radius 3 is 2.37 bits per heavy atom. The predicted molar refractivity (Wildman–Crippen MR) is 117 cm³/mol. The van der Waals surface area contributed by atoms with Crippen LogP contribution < -0.4 is 5.32 Å². The zero-order chi connectivity index (χ0) is 25.5. The molecule has 2 atom stereocenters. The van der Waals surface area contributed by atoms with Gasteiger partial charge in [0.25, 0.3) is 11.8 Å². The van der Waals surface area contributed by atoms with Gasteiger partial charge in [-0.05, 0) is 74.6 Å². The Bertz CT molecular complexity index is 1210. The molecule has 2 amide bonds. The Kier molecular flexibility index (Phi) is 6.32. The van der Waals surface area contributed by atoms with Crippen molar-refractivity contribution in [3.8, 4) is 6.07 Å². The summed E-state index contributed by atoms with van der Waals surface area (Å²) < 4.78 is 58.7. The van der Waals surface area contributed by atoms with Crippen LogP contribution in [0.1, 0.15) is 53.6 Å². The van der Waals surface area contributed by atoms with Gasteiger partial charge in [0, 0.05) is 23.3 Å². The summed E-state index contributed by atoms with van der Waals surface area (Å²) in [7, 11) is 0. The number of carbonyl (C=O) groups is 2. The van der Waals surface area contributed by atoms with Crippen molar-refractivity contribution < 1.29 is 32.3 Å². The summed E-state index contributed by atoms with van der Waals surface area (Å²) in [5, 5.41) is 22.0. The molecule has 2 fully saturated rings. The molecule has 35 heavy (non-hydrogen) atoms. The van der Waals surface area contributed by atoms with Gasteiger partial charge in [-0.25, -0.2) is 8.78 Å². The number of rotatable bonds is 5. The van der Waals surface area contributed by atoms with Gasteiger partial charge in [0.15, 0.2) is 0 Å². The lowest BCUT2D eigenvalue weighted by Gasteiger charge is -2.43. The van der Waals surface area contributed by atoms with Crippen molar-refractivity contribution in [3.63, 3.8) is 0 Å². The molecule has 2 aromatic rings. The van der Waals surface area contributed by atoms with E-state index in [4.69, 9.17) is 5.26 Å². The van der Waals surface area contributed by atoms with Crippen LogP contribution >= 0.6 is 0 Å². The molecule has 6 nitrogen and oxygen atoms in total. The number of alkyl halides is 2. The van der Waals surface area contributed by atoms with Crippen LogP contribution in [-0.2, 0) is 10.7 Å². The van der Waals surface area contributed by atoms with Gasteiger partial charge in [0.05, 0.1) is 23.7 Å². The number of hydrogen-bond donors (Lipinski definition) is 2. The second-order valence-electron chi connectivity index (χ2n) is 9.25. The number of aliphatic hydroxyl groups is 1. The van der Waals surface area contributed by atoms with E-state index in [1.807, 2.05) is 6.07 Å². The van der Waals surface area contributed by atoms with E-state index in [2.05, 4.69) is 5.32 Å². The van der Waals surface area contributed by atoms with Crippen molar-refractivity contribution in [1.82, 2.24) is 4.90 Å². The minimum absolute atomic E-state index is 0.0130. The number of hydrogen-bond acceptors (Lipinski definition) is 4. The summed E-state index contributed by atoms with van der Waals surface area (Å²) in [6, 6.07) is 6.63. The molecule has 2 aromatic carbocycles. The third kappa shape index (κ3) is 4.60. The third-order valence-electron chi connectivity index (χ3n) is 6.74. The molecule has 2 bridgehead atoms. The first-order valence-electron chi connectivity index (χ1n) is 11.1. The maximum Gasteiger partial charge on any atom is 0.352 e. The van der Waals surface area contributed by atoms with E-state index < -0.39 is 52.6 Å². The Morgan fingerprint density at radius 1 is 1.14 bits per heavy atom. The Labute approximate surface area is 199 Å². The van der Waals surface area contributed by atoms with E-state index in [1.165, 1.54) is 19.1 Å². The van der Waals surface area contributed by atoms with E-state index in [-0.39, 0.29) is 36.1 Å². The maximum atomic E-state index is 15.4. The maximum absolute atomic E-state index is 15.4. The molecular weight excluding hydrogens is 466 g/mol. The standard InChI is InChI=1S/C25H23F4N3O3/c1-14-10-16(3-7-20(14)26)31-22(33)15-2-6-21(27)19(11-15)25(28,29)23(34)32-17-4-5-18(32)13-24(35,12-17)8-9-30/h2-3,6-7,10-11,17-18,35H,4-5,8,12-13H2,1H3,(H,31,33). The minimum atomic E-state index is -4.27. The van der Waals surface area contributed by atoms with Gasteiger partial charge in [-0.15, -0.1) is 0 Å². The van der Waals surface area contributed by atoms with Gasteiger partial charge < -0.3 is 15.3 Å². The molecule has 2 heterocycles. The first-order chi connectivity index (χ1) is 16.4. The van der Waals surface area contributed by atoms with Crippen LogP contribution in [0, 0.1) is 29.9 Å². The normalized spacial score (nSPS) is 23.6. The Balaban J connectivity index is 1.58. The molecule has 2 N–H and O–H groups in total. The monoisotopic (exact) mass is 489 g/mol. The van der Waals surface area contributed by atoms with Gasteiger partial charge in [-0.1, -0.05) is 0 Å². The molecule has 2 aliphatic heterocycles. The van der Waals surface area contributed by atoms with E-state index >= 15 is 8.78 Å². The van der Waals surface area contributed by atoms with E-state index in [9.17, 15) is 23.5 Å². The number of anilines is 1. The van der Waals surface area contributed by atoms with Crippen molar-refractivity contribution in [3.05, 3.63) is 64.7 Å². The number of piperidine rings is 1. The SMILES string of the molecule is Cc1cc(NC(=O)c2ccc(F)c(C(F)(F)C(=O)N3C4CCC3CC(O)(CC#N)C4)c2)ccc1F. The highest BCUT2D eigenvalue weighted by Gasteiger charge is 2.55. The number of nitriles is 1. The van der Waals surface area contributed by atoms with Crippen LogP contribution in [0.3, 0.4) is 0 Å². The molecule has 4 rings (SSSR count). The molecule has 0 saturated carbocycles. The van der Waals surface area contributed by atoms with Crippen LogP contribution in [0.4, 0.5) is 23.2 Å². The van der Waals surface area contributed by atoms with Crippen molar-refractivity contribution in [2.75, 3.05) is 5.32 Å². The van der Waals surface area contributed by atoms with Crippen LogP contribution in [0.15, 0.2) is 36.4 Å². The summed E-state index contributed by atoms with van der Waals surface area (Å²) in [6.07, 6.45) is 0.587. The summed E-state index contributed by atoms with van der Waals surface area (Å²) in [4.78, 5) is 26.6. The lowest BCUT2D eigenvalue weighted by molar-refractivity contribution is -0.169. The van der Waals surface area contributed by atoms with Crippen molar-refractivity contribution in [1.29, 1.82) is 5.26 Å². The van der Waals surface area contributed by atoms with Gasteiger partial charge in [0.2, 0.25) is 0 Å². The van der Waals surface area contributed by atoms with Crippen molar-refractivity contribution >= 4 is 17.5 Å². The lowest BCUT2D eigenvalue weighted by Crippen LogP contribution is -2.56. The molecule has 2 saturated heterocycles. The highest BCUT2D eigenvalue weighted by atomic mass is 19.3. The zero-order valence-electron chi connectivity index (χ0n) is 18.8. The van der Waals surface area contributed by atoms with Gasteiger partial charge >= 0.3 is 5.92 Å². The lowest BCUT2D eigenvalue weighted by atomic mass is 9.83.